The lowest BCUT2D eigenvalue weighted by atomic mass is 9.86. The van der Waals surface area contributed by atoms with Crippen molar-refractivity contribution >= 4 is 0 Å². The maximum absolute atomic E-state index is 9.91. The first-order valence-corrected chi connectivity index (χ1v) is 8.64. The molecule has 1 aliphatic rings. The smallest absolute Gasteiger partial charge is 0.118 e. The summed E-state index contributed by atoms with van der Waals surface area (Å²) in [5.74, 6) is 0.405. The number of aromatic hydroxyl groups is 1. The third-order valence-corrected chi connectivity index (χ3v) is 5.69. The zero-order chi connectivity index (χ0) is 16.4. The van der Waals surface area contributed by atoms with Crippen molar-refractivity contribution in [2.24, 2.45) is 0 Å². The molecule has 2 rings (SSSR count). The van der Waals surface area contributed by atoms with Gasteiger partial charge in [0.1, 0.15) is 5.75 Å². The first-order chi connectivity index (χ1) is 10.4. The van der Waals surface area contributed by atoms with Gasteiger partial charge in [-0.25, -0.2) is 0 Å². The lowest BCUT2D eigenvalue weighted by molar-refractivity contribution is 0.0360. The minimum absolute atomic E-state index is 0.386. The number of phenolic OH excluding ortho intramolecular Hbond substituents is 1. The van der Waals surface area contributed by atoms with E-state index in [0.29, 0.717) is 29.9 Å². The molecular weight excluding hydrogens is 272 g/mol. The Morgan fingerprint density at radius 2 is 1.95 bits per heavy atom. The number of phenols is 1. The van der Waals surface area contributed by atoms with Gasteiger partial charge in [0.2, 0.25) is 0 Å². The van der Waals surface area contributed by atoms with E-state index in [9.17, 15) is 5.11 Å². The molecule has 1 heterocycles. The summed E-state index contributed by atoms with van der Waals surface area (Å²) in [6.07, 6.45) is 3.61. The molecule has 1 aromatic rings. The van der Waals surface area contributed by atoms with Gasteiger partial charge >= 0.3 is 0 Å². The van der Waals surface area contributed by atoms with Crippen LogP contribution < -0.4 is 5.32 Å². The van der Waals surface area contributed by atoms with Crippen molar-refractivity contribution in [3.8, 4) is 5.75 Å². The van der Waals surface area contributed by atoms with Gasteiger partial charge in [0, 0.05) is 24.2 Å². The van der Waals surface area contributed by atoms with Crippen LogP contribution in [0.5, 0.6) is 5.75 Å². The van der Waals surface area contributed by atoms with Crippen LogP contribution in [0.1, 0.15) is 62.8 Å². The lowest BCUT2D eigenvalue weighted by Gasteiger charge is -2.47. The summed E-state index contributed by atoms with van der Waals surface area (Å²) >= 11 is 0. The normalized spacial score (nSPS) is 27.8. The van der Waals surface area contributed by atoms with Crippen LogP contribution in [0.4, 0.5) is 0 Å². The molecule has 0 bridgehead atoms. The zero-order valence-electron chi connectivity index (χ0n) is 15.0. The fraction of sp³-hybridized carbons (Fsp3) is 0.684. The van der Waals surface area contributed by atoms with Crippen LogP contribution >= 0.6 is 0 Å². The van der Waals surface area contributed by atoms with E-state index in [4.69, 9.17) is 0 Å². The molecule has 124 valence electrons. The van der Waals surface area contributed by atoms with Gasteiger partial charge in [0.25, 0.3) is 0 Å². The predicted octanol–water partition coefficient (Wildman–Crippen LogP) is 3.92. The van der Waals surface area contributed by atoms with Crippen LogP contribution in [0.25, 0.3) is 0 Å². The average molecular weight is 304 g/mol. The second-order valence-electron chi connectivity index (χ2n) is 6.92. The van der Waals surface area contributed by atoms with E-state index in [2.05, 4.69) is 51.0 Å². The van der Waals surface area contributed by atoms with Gasteiger partial charge in [-0.2, -0.15) is 0 Å². The monoisotopic (exact) mass is 304 g/mol. The highest BCUT2D eigenvalue weighted by Crippen LogP contribution is 2.36. The maximum atomic E-state index is 9.91. The summed E-state index contributed by atoms with van der Waals surface area (Å²) in [7, 11) is 2.08. The Kier molecular flexibility index (Phi) is 5.51. The van der Waals surface area contributed by atoms with Crippen LogP contribution in [-0.2, 0) is 0 Å². The Balaban J connectivity index is 2.31. The molecule has 0 spiro atoms. The second kappa shape index (κ2) is 7.01. The van der Waals surface area contributed by atoms with Gasteiger partial charge in [0.15, 0.2) is 0 Å². The summed E-state index contributed by atoms with van der Waals surface area (Å²) in [4.78, 5) is 2.69. The molecule has 4 atom stereocenters. The highest BCUT2D eigenvalue weighted by molar-refractivity contribution is 5.44. The van der Waals surface area contributed by atoms with E-state index in [-0.39, 0.29) is 0 Å². The Hall–Kier alpha value is -1.06. The van der Waals surface area contributed by atoms with Crippen molar-refractivity contribution in [3.05, 3.63) is 28.8 Å². The summed E-state index contributed by atoms with van der Waals surface area (Å²) < 4.78 is 0. The molecule has 2 N–H and O–H groups in total. The molecule has 1 saturated heterocycles. The molecule has 0 radical (unpaired) electrons. The number of hydrogen-bond donors (Lipinski definition) is 2. The van der Waals surface area contributed by atoms with Crippen LogP contribution in [0.3, 0.4) is 0 Å². The molecule has 1 fully saturated rings. The van der Waals surface area contributed by atoms with Crippen LogP contribution in [0.15, 0.2) is 12.1 Å². The van der Waals surface area contributed by atoms with Gasteiger partial charge in [0.05, 0.1) is 0 Å². The molecule has 1 aromatic carbocycles. The van der Waals surface area contributed by atoms with E-state index in [0.717, 1.165) is 5.56 Å². The third kappa shape index (κ3) is 3.16. The average Bonchev–Trinajstić information content (AvgIpc) is 2.51. The summed E-state index contributed by atoms with van der Waals surface area (Å²) in [6.45, 7) is 11.1. The maximum Gasteiger partial charge on any atom is 0.118 e. The SMILES string of the molecule is CCC1CC(NC)CC(C)N1C(C)c1ccc(O)c(C)c1C. The molecule has 22 heavy (non-hydrogen) atoms. The molecule has 3 nitrogen and oxygen atoms in total. The largest absolute Gasteiger partial charge is 0.508 e. The first-order valence-electron chi connectivity index (χ1n) is 8.64. The minimum Gasteiger partial charge on any atom is -0.508 e. The highest BCUT2D eigenvalue weighted by Gasteiger charge is 2.35. The van der Waals surface area contributed by atoms with Gasteiger partial charge < -0.3 is 10.4 Å². The topological polar surface area (TPSA) is 35.5 Å². The Morgan fingerprint density at radius 3 is 2.55 bits per heavy atom. The molecule has 0 aromatic heterocycles. The molecule has 3 heteroatoms. The number of nitrogens with one attached hydrogen (secondary N) is 1. The third-order valence-electron chi connectivity index (χ3n) is 5.69. The fourth-order valence-electron chi connectivity index (χ4n) is 4.19. The van der Waals surface area contributed by atoms with Crippen molar-refractivity contribution in [1.29, 1.82) is 0 Å². The summed E-state index contributed by atoms with van der Waals surface area (Å²) in [6, 6.07) is 6.15. The van der Waals surface area contributed by atoms with E-state index in [1.54, 1.807) is 0 Å². The second-order valence-corrected chi connectivity index (χ2v) is 6.92. The molecule has 0 amide bonds. The Morgan fingerprint density at radius 1 is 1.27 bits per heavy atom. The Labute approximate surface area is 135 Å². The number of hydrogen-bond acceptors (Lipinski definition) is 3. The summed E-state index contributed by atoms with van der Waals surface area (Å²) in [5, 5.41) is 13.4. The van der Waals surface area contributed by atoms with Crippen molar-refractivity contribution < 1.29 is 5.11 Å². The number of likely N-dealkylation sites (tertiary alicyclic amines) is 1. The first kappa shape index (κ1) is 17.3. The minimum atomic E-state index is 0.386. The van der Waals surface area contributed by atoms with Crippen LogP contribution in [0.2, 0.25) is 0 Å². The van der Waals surface area contributed by atoms with E-state index in [1.807, 2.05) is 13.0 Å². The summed E-state index contributed by atoms with van der Waals surface area (Å²) in [5.41, 5.74) is 3.59. The molecule has 1 aliphatic heterocycles. The standard InChI is InChI=1S/C19H32N2O/c1-7-17-11-16(20-6)10-12(2)21(17)15(5)18-8-9-19(22)14(4)13(18)3/h8-9,12,15-17,20,22H,7,10-11H2,1-6H3. The molecule has 0 aliphatic carbocycles. The predicted molar refractivity (Wildman–Crippen MR) is 93.5 cm³/mol. The molecular formula is C19H32N2O. The van der Waals surface area contributed by atoms with Gasteiger partial charge in [-0.05, 0) is 76.8 Å². The van der Waals surface area contributed by atoms with Gasteiger partial charge in [-0.15, -0.1) is 0 Å². The quantitative estimate of drug-likeness (QED) is 0.885. The zero-order valence-corrected chi connectivity index (χ0v) is 15.0. The van der Waals surface area contributed by atoms with Crippen molar-refractivity contribution in [3.63, 3.8) is 0 Å². The molecule has 0 saturated carbocycles. The van der Waals surface area contributed by atoms with Gasteiger partial charge in [-0.1, -0.05) is 13.0 Å². The highest BCUT2D eigenvalue weighted by atomic mass is 16.3. The molecule has 4 unspecified atom stereocenters. The number of rotatable bonds is 4. The van der Waals surface area contributed by atoms with Gasteiger partial charge in [-0.3, -0.25) is 4.90 Å². The van der Waals surface area contributed by atoms with Crippen LogP contribution in [-0.4, -0.2) is 35.2 Å². The van der Waals surface area contributed by atoms with E-state index in [1.165, 1.54) is 30.4 Å². The van der Waals surface area contributed by atoms with E-state index < -0.39 is 0 Å². The Bertz CT molecular complexity index is 514. The van der Waals surface area contributed by atoms with Crippen LogP contribution in [0, 0.1) is 13.8 Å². The number of nitrogens with zero attached hydrogens (tertiary/aromatic N) is 1. The number of benzene rings is 1. The fourth-order valence-corrected chi connectivity index (χ4v) is 4.19. The lowest BCUT2D eigenvalue weighted by Crippen LogP contribution is -2.53. The van der Waals surface area contributed by atoms with Crippen molar-refractivity contribution in [2.75, 3.05) is 7.05 Å². The van der Waals surface area contributed by atoms with Crippen molar-refractivity contribution in [2.45, 2.75) is 78.0 Å². The van der Waals surface area contributed by atoms with Crippen molar-refractivity contribution in [1.82, 2.24) is 10.2 Å². The van der Waals surface area contributed by atoms with E-state index >= 15 is 0 Å². The number of piperidine rings is 1.